The van der Waals surface area contributed by atoms with Crippen LogP contribution in [-0.2, 0) is 11.3 Å². The van der Waals surface area contributed by atoms with Gasteiger partial charge in [0, 0.05) is 18.2 Å². The Morgan fingerprint density at radius 3 is 2.60 bits per heavy atom. The molecule has 7 nitrogen and oxygen atoms in total. The van der Waals surface area contributed by atoms with Crippen molar-refractivity contribution in [2.45, 2.75) is 6.54 Å². The van der Waals surface area contributed by atoms with Crippen LogP contribution in [0.1, 0.15) is 21.5 Å². The predicted octanol–water partition coefficient (Wildman–Crippen LogP) is 1.62. The number of amides is 1. The highest BCUT2D eigenvalue weighted by atomic mass is 16.4. The van der Waals surface area contributed by atoms with E-state index in [9.17, 15) is 9.59 Å². The molecule has 0 fully saturated rings. The Labute approximate surface area is 144 Å². The number of nitrogens with one attached hydrogen (secondary N) is 1. The number of benzene rings is 2. The van der Waals surface area contributed by atoms with Gasteiger partial charge in [0.2, 0.25) is 0 Å². The maximum absolute atomic E-state index is 12.2. The molecule has 2 rings (SSSR count). The van der Waals surface area contributed by atoms with E-state index >= 15 is 0 Å². The van der Waals surface area contributed by atoms with Gasteiger partial charge in [-0.2, -0.15) is 0 Å². The SMILES string of the molecule is NC(N)=Nc1cccc(C(=O)NCc2cccc(/C=C/C(=O)O)c2)c1. The highest BCUT2D eigenvalue weighted by Gasteiger charge is 2.06. The van der Waals surface area contributed by atoms with Gasteiger partial charge in [-0.25, -0.2) is 9.79 Å². The molecule has 0 spiro atoms. The van der Waals surface area contributed by atoms with Crippen LogP contribution < -0.4 is 16.8 Å². The molecule has 0 heterocycles. The molecule has 0 saturated carbocycles. The summed E-state index contributed by atoms with van der Waals surface area (Å²) in [4.78, 5) is 26.7. The molecule has 0 unspecified atom stereocenters. The Balaban J connectivity index is 2.04. The number of carboxylic acids is 1. The number of carbonyl (C=O) groups is 2. The Morgan fingerprint density at radius 2 is 1.88 bits per heavy atom. The van der Waals surface area contributed by atoms with Gasteiger partial charge in [0.15, 0.2) is 5.96 Å². The summed E-state index contributed by atoms with van der Waals surface area (Å²) in [5.41, 5.74) is 13.2. The van der Waals surface area contributed by atoms with E-state index in [-0.39, 0.29) is 11.9 Å². The van der Waals surface area contributed by atoms with Crippen LogP contribution in [0.15, 0.2) is 59.6 Å². The molecule has 0 aromatic heterocycles. The Kier molecular flexibility index (Phi) is 5.89. The first-order valence-corrected chi connectivity index (χ1v) is 7.42. The second kappa shape index (κ2) is 8.30. The number of nitrogens with two attached hydrogens (primary N) is 2. The molecule has 0 aliphatic heterocycles. The second-order valence-electron chi connectivity index (χ2n) is 5.19. The van der Waals surface area contributed by atoms with Gasteiger partial charge in [0.25, 0.3) is 5.91 Å². The van der Waals surface area contributed by atoms with Crippen LogP contribution in [0.4, 0.5) is 5.69 Å². The van der Waals surface area contributed by atoms with E-state index in [0.717, 1.165) is 17.2 Å². The van der Waals surface area contributed by atoms with E-state index in [4.69, 9.17) is 16.6 Å². The number of hydrogen-bond acceptors (Lipinski definition) is 3. The third-order valence-electron chi connectivity index (χ3n) is 3.19. The molecule has 6 N–H and O–H groups in total. The number of aliphatic carboxylic acids is 1. The molecule has 0 aliphatic rings. The largest absolute Gasteiger partial charge is 0.478 e. The van der Waals surface area contributed by atoms with Crippen molar-refractivity contribution in [2.24, 2.45) is 16.5 Å². The van der Waals surface area contributed by atoms with Gasteiger partial charge in [0.1, 0.15) is 0 Å². The van der Waals surface area contributed by atoms with E-state index < -0.39 is 5.97 Å². The normalized spacial score (nSPS) is 10.4. The maximum Gasteiger partial charge on any atom is 0.328 e. The van der Waals surface area contributed by atoms with Gasteiger partial charge < -0.3 is 21.9 Å². The fraction of sp³-hybridized carbons (Fsp3) is 0.0556. The van der Waals surface area contributed by atoms with Crippen molar-refractivity contribution in [1.29, 1.82) is 0 Å². The fourth-order valence-corrected chi connectivity index (χ4v) is 2.12. The number of carboxylic acid groups (broad SMARTS) is 1. The third kappa shape index (κ3) is 5.83. The summed E-state index contributed by atoms with van der Waals surface area (Å²) in [6.45, 7) is 0.306. The predicted molar refractivity (Wildman–Crippen MR) is 96.2 cm³/mol. The zero-order valence-corrected chi connectivity index (χ0v) is 13.3. The molecule has 2 aromatic rings. The lowest BCUT2D eigenvalue weighted by molar-refractivity contribution is -0.131. The zero-order chi connectivity index (χ0) is 18.2. The minimum Gasteiger partial charge on any atom is -0.478 e. The van der Waals surface area contributed by atoms with E-state index in [1.165, 1.54) is 6.08 Å². The lowest BCUT2D eigenvalue weighted by Gasteiger charge is -2.07. The number of guanidine groups is 1. The smallest absolute Gasteiger partial charge is 0.328 e. The Bertz CT molecular complexity index is 840. The van der Waals surface area contributed by atoms with Crippen LogP contribution >= 0.6 is 0 Å². The van der Waals surface area contributed by atoms with Gasteiger partial charge in [-0.05, 0) is 41.5 Å². The average Bonchev–Trinajstić information content (AvgIpc) is 2.58. The first kappa shape index (κ1) is 17.7. The summed E-state index contributed by atoms with van der Waals surface area (Å²) in [7, 11) is 0. The fourth-order valence-electron chi connectivity index (χ4n) is 2.12. The maximum atomic E-state index is 12.2. The van der Waals surface area contributed by atoms with Gasteiger partial charge in [-0.3, -0.25) is 4.79 Å². The van der Waals surface area contributed by atoms with Crippen molar-refractivity contribution in [1.82, 2.24) is 5.32 Å². The highest BCUT2D eigenvalue weighted by molar-refractivity contribution is 5.95. The van der Waals surface area contributed by atoms with Crippen LogP contribution in [0, 0.1) is 0 Å². The van der Waals surface area contributed by atoms with E-state index in [1.54, 1.807) is 42.5 Å². The topological polar surface area (TPSA) is 131 Å². The third-order valence-corrected chi connectivity index (χ3v) is 3.19. The van der Waals surface area contributed by atoms with Crippen LogP contribution in [0.3, 0.4) is 0 Å². The summed E-state index contributed by atoms with van der Waals surface area (Å²) in [5.74, 6) is -1.36. The van der Waals surface area contributed by atoms with Gasteiger partial charge in [0.05, 0.1) is 5.69 Å². The summed E-state index contributed by atoms with van der Waals surface area (Å²) in [6.07, 6.45) is 2.55. The standard InChI is InChI=1S/C18H18N4O3/c19-18(20)22-15-6-2-5-14(10-15)17(25)21-11-13-4-1-3-12(9-13)7-8-16(23)24/h1-10H,11H2,(H,21,25)(H,23,24)(H4,19,20,22)/b8-7+. The molecule has 0 bridgehead atoms. The van der Waals surface area contributed by atoms with Crippen LogP contribution in [0.2, 0.25) is 0 Å². The molecule has 0 radical (unpaired) electrons. The summed E-state index contributed by atoms with van der Waals surface area (Å²) in [6, 6.07) is 13.8. The van der Waals surface area contributed by atoms with E-state index in [0.29, 0.717) is 17.8 Å². The van der Waals surface area contributed by atoms with Crippen molar-refractivity contribution in [3.8, 4) is 0 Å². The molecular formula is C18H18N4O3. The molecule has 0 atom stereocenters. The van der Waals surface area contributed by atoms with Crippen molar-refractivity contribution in [3.63, 3.8) is 0 Å². The molecular weight excluding hydrogens is 320 g/mol. The second-order valence-corrected chi connectivity index (χ2v) is 5.19. The van der Waals surface area contributed by atoms with Gasteiger partial charge in [-0.1, -0.05) is 24.3 Å². The number of carbonyl (C=O) groups excluding carboxylic acids is 1. The molecule has 128 valence electrons. The van der Waals surface area contributed by atoms with Crippen molar-refractivity contribution >= 4 is 29.6 Å². The zero-order valence-electron chi connectivity index (χ0n) is 13.3. The lowest BCUT2D eigenvalue weighted by atomic mass is 10.1. The number of hydrogen-bond donors (Lipinski definition) is 4. The minimum atomic E-state index is -1.01. The quantitative estimate of drug-likeness (QED) is 0.361. The summed E-state index contributed by atoms with van der Waals surface area (Å²) in [5, 5.41) is 11.5. The van der Waals surface area contributed by atoms with Crippen LogP contribution in [-0.4, -0.2) is 22.9 Å². The molecule has 0 aliphatic carbocycles. The highest BCUT2D eigenvalue weighted by Crippen LogP contribution is 2.14. The first-order chi connectivity index (χ1) is 11.9. The molecule has 7 heteroatoms. The summed E-state index contributed by atoms with van der Waals surface area (Å²) >= 11 is 0. The van der Waals surface area contributed by atoms with Crippen molar-refractivity contribution < 1.29 is 14.7 Å². The van der Waals surface area contributed by atoms with Crippen molar-refractivity contribution in [2.75, 3.05) is 0 Å². The number of rotatable bonds is 6. The molecule has 25 heavy (non-hydrogen) atoms. The molecule has 1 amide bonds. The molecule has 2 aromatic carbocycles. The van der Waals surface area contributed by atoms with Gasteiger partial charge in [-0.15, -0.1) is 0 Å². The number of aliphatic imine (C=N–C) groups is 1. The average molecular weight is 338 g/mol. The van der Waals surface area contributed by atoms with E-state index in [2.05, 4.69) is 10.3 Å². The van der Waals surface area contributed by atoms with Crippen LogP contribution in [0.25, 0.3) is 6.08 Å². The van der Waals surface area contributed by atoms with E-state index in [1.807, 2.05) is 6.07 Å². The molecule has 0 saturated heterocycles. The Morgan fingerprint density at radius 1 is 1.12 bits per heavy atom. The monoisotopic (exact) mass is 338 g/mol. The Hall–Kier alpha value is -3.61. The first-order valence-electron chi connectivity index (χ1n) is 7.42. The summed E-state index contributed by atoms with van der Waals surface area (Å²) < 4.78 is 0. The van der Waals surface area contributed by atoms with Gasteiger partial charge >= 0.3 is 5.97 Å². The lowest BCUT2D eigenvalue weighted by Crippen LogP contribution is -2.23. The van der Waals surface area contributed by atoms with Crippen molar-refractivity contribution in [3.05, 3.63) is 71.3 Å². The number of nitrogens with zero attached hydrogens (tertiary/aromatic N) is 1. The minimum absolute atomic E-state index is 0.0798. The van der Waals surface area contributed by atoms with Crippen LogP contribution in [0.5, 0.6) is 0 Å².